The number of hydrogen-bond donors (Lipinski definition) is 3. The third-order valence-corrected chi connectivity index (χ3v) is 5.98. The molecule has 35 heavy (non-hydrogen) atoms. The number of carbonyl (C=O) groups excluding carboxylic acids is 1. The van der Waals surface area contributed by atoms with Crippen LogP contribution in [-0.2, 0) is 11.0 Å². The van der Waals surface area contributed by atoms with Crippen molar-refractivity contribution < 1.29 is 18.0 Å². The molecular formula is C24H25F3N6O2. The summed E-state index contributed by atoms with van der Waals surface area (Å²) in [6.07, 6.45) is -2.16. The molecule has 1 unspecified atom stereocenters. The SMILES string of the molecule is CC(=O)N1CC=C(c2cc3c(NC(C)c4cc(N)cc(C(F)(F)F)c4)nc(C)nc3[nH]c2=O)CC1. The van der Waals surface area contributed by atoms with Crippen LogP contribution in [0.25, 0.3) is 16.6 Å². The number of nitrogens with two attached hydrogens (primary N) is 1. The van der Waals surface area contributed by atoms with Crippen molar-refractivity contribution in [3.05, 3.63) is 63.2 Å². The summed E-state index contributed by atoms with van der Waals surface area (Å²) < 4.78 is 39.8. The minimum absolute atomic E-state index is 0.00246. The molecule has 184 valence electrons. The van der Waals surface area contributed by atoms with Crippen molar-refractivity contribution in [2.24, 2.45) is 0 Å². The summed E-state index contributed by atoms with van der Waals surface area (Å²) >= 11 is 0. The number of benzene rings is 1. The van der Waals surface area contributed by atoms with Gasteiger partial charge in [-0.15, -0.1) is 0 Å². The molecule has 11 heteroatoms. The van der Waals surface area contributed by atoms with E-state index in [0.29, 0.717) is 53.3 Å². The van der Waals surface area contributed by atoms with E-state index >= 15 is 0 Å². The number of anilines is 2. The Labute approximate surface area is 199 Å². The van der Waals surface area contributed by atoms with Crippen LogP contribution in [0.15, 0.2) is 35.1 Å². The van der Waals surface area contributed by atoms with E-state index in [1.807, 2.05) is 6.08 Å². The number of carbonyl (C=O) groups is 1. The average Bonchev–Trinajstić information content (AvgIpc) is 2.77. The third-order valence-electron chi connectivity index (χ3n) is 5.98. The number of pyridine rings is 1. The van der Waals surface area contributed by atoms with Gasteiger partial charge in [-0.3, -0.25) is 9.59 Å². The number of amides is 1. The number of nitrogens with zero attached hydrogens (tertiary/aromatic N) is 3. The Morgan fingerprint density at radius 1 is 1.23 bits per heavy atom. The highest BCUT2D eigenvalue weighted by Crippen LogP contribution is 2.34. The molecule has 1 amide bonds. The monoisotopic (exact) mass is 486 g/mol. The zero-order chi connectivity index (χ0) is 25.5. The number of fused-ring (bicyclic) bond motifs is 1. The van der Waals surface area contributed by atoms with Gasteiger partial charge in [-0.25, -0.2) is 9.97 Å². The first kappa shape index (κ1) is 24.2. The lowest BCUT2D eigenvalue weighted by atomic mass is 9.99. The fourth-order valence-corrected chi connectivity index (χ4v) is 4.12. The lowest BCUT2D eigenvalue weighted by Crippen LogP contribution is -2.33. The quantitative estimate of drug-likeness (QED) is 0.480. The maximum atomic E-state index is 13.3. The largest absolute Gasteiger partial charge is 0.416 e. The summed E-state index contributed by atoms with van der Waals surface area (Å²) in [5, 5.41) is 3.67. The Hall–Kier alpha value is -3.89. The molecule has 0 saturated carbocycles. The number of halogens is 3. The Morgan fingerprint density at radius 3 is 2.60 bits per heavy atom. The molecule has 0 aliphatic carbocycles. The normalized spacial score (nSPS) is 15.1. The molecule has 0 saturated heterocycles. The lowest BCUT2D eigenvalue weighted by molar-refractivity contribution is -0.137. The number of rotatable bonds is 4. The van der Waals surface area contributed by atoms with Gasteiger partial charge in [-0.2, -0.15) is 13.2 Å². The Kier molecular flexibility index (Phi) is 6.27. The van der Waals surface area contributed by atoms with Crippen LogP contribution in [0.5, 0.6) is 0 Å². The third kappa shape index (κ3) is 5.13. The first-order valence-corrected chi connectivity index (χ1v) is 11.0. The molecule has 1 aliphatic rings. The topological polar surface area (TPSA) is 117 Å². The molecule has 4 rings (SSSR count). The van der Waals surface area contributed by atoms with Crippen molar-refractivity contribution in [1.29, 1.82) is 0 Å². The maximum absolute atomic E-state index is 13.3. The number of aromatic amines is 1. The summed E-state index contributed by atoms with van der Waals surface area (Å²) in [5.74, 6) is 0.718. The van der Waals surface area contributed by atoms with E-state index in [0.717, 1.165) is 17.7 Å². The second-order valence-electron chi connectivity index (χ2n) is 8.59. The average molecular weight is 486 g/mol. The van der Waals surface area contributed by atoms with E-state index < -0.39 is 17.8 Å². The van der Waals surface area contributed by atoms with Crippen LogP contribution in [0.1, 0.15) is 48.8 Å². The predicted molar refractivity (Wildman–Crippen MR) is 128 cm³/mol. The molecule has 1 aliphatic heterocycles. The Bertz CT molecular complexity index is 1400. The van der Waals surface area contributed by atoms with Crippen molar-refractivity contribution in [3.63, 3.8) is 0 Å². The molecule has 0 radical (unpaired) electrons. The van der Waals surface area contributed by atoms with E-state index in [1.54, 1.807) is 24.8 Å². The summed E-state index contributed by atoms with van der Waals surface area (Å²) in [7, 11) is 0. The van der Waals surface area contributed by atoms with Crippen LogP contribution < -0.4 is 16.6 Å². The van der Waals surface area contributed by atoms with Crippen LogP contribution in [0.2, 0.25) is 0 Å². The van der Waals surface area contributed by atoms with E-state index in [1.165, 1.54) is 13.0 Å². The number of hydrogen-bond acceptors (Lipinski definition) is 6. The summed E-state index contributed by atoms with van der Waals surface area (Å²) in [6.45, 7) is 5.76. The fourth-order valence-electron chi connectivity index (χ4n) is 4.12. The van der Waals surface area contributed by atoms with Crippen LogP contribution in [0.3, 0.4) is 0 Å². The van der Waals surface area contributed by atoms with E-state index in [2.05, 4.69) is 20.3 Å². The zero-order valence-electron chi connectivity index (χ0n) is 19.5. The Morgan fingerprint density at radius 2 is 1.97 bits per heavy atom. The molecule has 3 aromatic rings. The van der Waals surface area contributed by atoms with Crippen molar-refractivity contribution in [3.8, 4) is 0 Å². The van der Waals surface area contributed by atoms with Gasteiger partial charge in [0.1, 0.15) is 17.3 Å². The summed E-state index contributed by atoms with van der Waals surface area (Å²) in [4.78, 5) is 37.6. The highest BCUT2D eigenvalue weighted by Gasteiger charge is 2.31. The second-order valence-corrected chi connectivity index (χ2v) is 8.59. The lowest BCUT2D eigenvalue weighted by Gasteiger charge is -2.25. The number of aromatic nitrogens is 3. The van der Waals surface area contributed by atoms with Crippen LogP contribution in [-0.4, -0.2) is 38.8 Å². The molecule has 0 bridgehead atoms. The minimum Gasteiger partial charge on any atom is -0.399 e. The molecule has 4 N–H and O–H groups in total. The van der Waals surface area contributed by atoms with Gasteiger partial charge in [0, 0.05) is 31.3 Å². The van der Waals surface area contributed by atoms with Crippen LogP contribution in [0.4, 0.5) is 24.7 Å². The van der Waals surface area contributed by atoms with E-state index in [4.69, 9.17) is 5.73 Å². The first-order valence-electron chi connectivity index (χ1n) is 11.0. The number of nitrogens with one attached hydrogen (secondary N) is 2. The van der Waals surface area contributed by atoms with Gasteiger partial charge < -0.3 is 20.9 Å². The van der Waals surface area contributed by atoms with Gasteiger partial charge in [-0.05, 0) is 55.7 Å². The molecule has 3 heterocycles. The fraction of sp³-hybridized carbons (Fsp3) is 0.333. The van der Waals surface area contributed by atoms with Gasteiger partial charge in [0.25, 0.3) is 5.56 Å². The molecular weight excluding hydrogens is 461 g/mol. The highest BCUT2D eigenvalue weighted by molar-refractivity contribution is 5.89. The first-order chi connectivity index (χ1) is 16.4. The van der Waals surface area contributed by atoms with Gasteiger partial charge >= 0.3 is 6.18 Å². The summed E-state index contributed by atoms with van der Waals surface area (Å²) in [6, 6.07) is 4.52. The van der Waals surface area contributed by atoms with Crippen LogP contribution in [0, 0.1) is 6.92 Å². The van der Waals surface area contributed by atoms with Gasteiger partial charge in [0.2, 0.25) is 5.91 Å². The molecule has 1 atom stereocenters. The van der Waals surface area contributed by atoms with E-state index in [9.17, 15) is 22.8 Å². The number of H-pyrrole nitrogens is 1. The molecule has 0 fully saturated rings. The Balaban J connectivity index is 1.73. The standard InChI is InChI=1S/C24H25F3N6O2/c1-12(16-8-17(24(25,26)27)10-18(28)9-16)29-21-20-11-19(15-4-6-33(7-5-15)14(3)34)23(35)32-22(20)31-13(2)30-21/h4,8-12H,5-7,28H2,1-3H3,(H2,29,30,31,32,35). The highest BCUT2D eigenvalue weighted by atomic mass is 19.4. The van der Waals surface area contributed by atoms with Gasteiger partial charge in [0.15, 0.2) is 0 Å². The van der Waals surface area contributed by atoms with Gasteiger partial charge in [-0.1, -0.05) is 6.08 Å². The van der Waals surface area contributed by atoms with E-state index in [-0.39, 0.29) is 17.2 Å². The number of aryl methyl sites for hydroxylation is 1. The maximum Gasteiger partial charge on any atom is 0.416 e. The summed E-state index contributed by atoms with van der Waals surface area (Å²) in [5.41, 5.74) is 6.47. The molecule has 2 aromatic heterocycles. The van der Waals surface area contributed by atoms with Crippen LogP contribution >= 0.6 is 0 Å². The van der Waals surface area contributed by atoms with Crippen molar-refractivity contribution in [1.82, 2.24) is 19.9 Å². The molecule has 8 nitrogen and oxygen atoms in total. The second kappa shape index (κ2) is 9.05. The van der Waals surface area contributed by atoms with Crippen molar-refractivity contribution in [2.45, 2.75) is 39.4 Å². The molecule has 1 aromatic carbocycles. The minimum atomic E-state index is -4.53. The van der Waals surface area contributed by atoms with Crippen molar-refractivity contribution >= 4 is 34.0 Å². The number of nitrogen functional groups attached to an aromatic ring is 1. The van der Waals surface area contributed by atoms with Crippen molar-refractivity contribution in [2.75, 3.05) is 24.1 Å². The number of alkyl halides is 3. The van der Waals surface area contributed by atoms with Gasteiger partial charge in [0.05, 0.1) is 17.0 Å². The predicted octanol–water partition coefficient (Wildman–Crippen LogP) is 4.04. The zero-order valence-corrected chi connectivity index (χ0v) is 19.5. The molecule has 0 spiro atoms. The smallest absolute Gasteiger partial charge is 0.399 e.